The molecule has 2 aliphatic heterocycles. The molecular weight excluding hydrogens is 402 g/mol. The Labute approximate surface area is 185 Å². The van der Waals surface area contributed by atoms with E-state index in [9.17, 15) is 9.59 Å². The molecule has 162 valence electrons. The maximum absolute atomic E-state index is 13.9. The third kappa shape index (κ3) is 2.72. The molecule has 2 aromatic carbocycles. The minimum absolute atomic E-state index is 0.204. The first-order chi connectivity index (χ1) is 15.2. The van der Waals surface area contributed by atoms with Gasteiger partial charge in [0.25, 0.3) is 11.5 Å². The Balaban J connectivity index is 1.90. The molecule has 0 radical (unpaired) electrons. The van der Waals surface area contributed by atoms with E-state index >= 15 is 0 Å². The number of aromatic amines is 1. The molecular formula is C26H25N3O3. The van der Waals surface area contributed by atoms with Crippen molar-refractivity contribution in [2.75, 3.05) is 11.5 Å². The molecule has 1 amide bonds. The minimum Gasteiger partial charge on any atom is -0.494 e. The van der Waals surface area contributed by atoms with E-state index in [2.05, 4.69) is 17.8 Å². The summed E-state index contributed by atoms with van der Waals surface area (Å²) in [4.78, 5) is 29.2. The first-order valence-electron chi connectivity index (χ1n) is 10.7. The van der Waals surface area contributed by atoms with Crippen LogP contribution in [0.1, 0.15) is 38.8 Å². The van der Waals surface area contributed by atoms with Crippen molar-refractivity contribution in [3.05, 3.63) is 80.6 Å². The molecule has 6 nitrogen and oxygen atoms in total. The minimum atomic E-state index is -0.534. The van der Waals surface area contributed by atoms with Crippen molar-refractivity contribution >= 4 is 29.3 Å². The maximum atomic E-state index is 13.9. The quantitative estimate of drug-likeness (QED) is 0.699. The summed E-state index contributed by atoms with van der Waals surface area (Å²) in [6.45, 7) is 12.5. The molecule has 0 unspecified atom stereocenters. The Kier molecular flexibility index (Phi) is 4.31. The van der Waals surface area contributed by atoms with E-state index in [4.69, 9.17) is 4.74 Å². The summed E-state index contributed by atoms with van der Waals surface area (Å²) in [5.74, 6) is 0.468. The zero-order valence-corrected chi connectivity index (χ0v) is 18.7. The Hall–Kier alpha value is -3.80. The van der Waals surface area contributed by atoms with Gasteiger partial charge in [-0.1, -0.05) is 30.9 Å². The molecule has 0 spiro atoms. The number of aromatic nitrogens is 2. The highest BCUT2D eigenvalue weighted by Crippen LogP contribution is 2.49. The third-order valence-corrected chi connectivity index (χ3v) is 6.11. The van der Waals surface area contributed by atoms with Crippen LogP contribution in [0, 0.1) is 0 Å². The maximum Gasteiger partial charge on any atom is 0.279 e. The molecule has 0 fully saturated rings. The number of benzene rings is 2. The van der Waals surface area contributed by atoms with Crippen molar-refractivity contribution in [1.82, 2.24) is 9.78 Å². The summed E-state index contributed by atoms with van der Waals surface area (Å²) < 4.78 is 7.24. The number of ether oxygens (including phenoxy) is 1. The van der Waals surface area contributed by atoms with Crippen LogP contribution in [0.2, 0.25) is 0 Å². The summed E-state index contributed by atoms with van der Waals surface area (Å²) in [6, 6.07) is 13.1. The molecule has 1 aromatic heterocycles. The Bertz CT molecular complexity index is 1470. The van der Waals surface area contributed by atoms with Gasteiger partial charge in [0.1, 0.15) is 5.75 Å². The Morgan fingerprint density at radius 2 is 1.78 bits per heavy atom. The van der Waals surface area contributed by atoms with Crippen LogP contribution in [-0.4, -0.2) is 27.8 Å². The van der Waals surface area contributed by atoms with Crippen molar-refractivity contribution in [3.63, 3.8) is 0 Å². The molecule has 0 saturated heterocycles. The van der Waals surface area contributed by atoms with Crippen LogP contribution in [0.15, 0.2) is 53.3 Å². The fourth-order valence-electron chi connectivity index (χ4n) is 4.88. The van der Waals surface area contributed by atoms with Gasteiger partial charge in [-0.3, -0.25) is 19.6 Å². The summed E-state index contributed by atoms with van der Waals surface area (Å²) in [6.07, 6.45) is 2.08. The highest BCUT2D eigenvalue weighted by molar-refractivity contribution is 6.34. The Morgan fingerprint density at radius 1 is 1.09 bits per heavy atom. The summed E-state index contributed by atoms with van der Waals surface area (Å²) >= 11 is 0. The number of anilines is 1. The molecule has 1 N–H and O–H groups in total. The normalized spacial score (nSPS) is 17.9. The van der Waals surface area contributed by atoms with E-state index in [0.29, 0.717) is 34.5 Å². The van der Waals surface area contributed by atoms with Gasteiger partial charge >= 0.3 is 0 Å². The molecule has 3 aromatic rings. The summed E-state index contributed by atoms with van der Waals surface area (Å²) in [7, 11) is 0. The molecule has 6 heteroatoms. The van der Waals surface area contributed by atoms with Crippen LogP contribution in [0.3, 0.4) is 0 Å². The molecule has 2 aliphatic rings. The van der Waals surface area contributed by atoms with E-state index in [1.165, 1.54) is 4.68 Å². The number of H-pyrrole nitrogens is 1. The molecule has 0 atom stereocenters. The van der Waals surface area contributed by atoms with Gasteiger partial charge in [0, 0.05) is 11.1 Å². The van der Waals surface area contributed by atoms with E-state index in [1.54, 1.807) is 4.90 Å². The standard InChI is InChI=1S/C26H25N3O3/c1-6-32-18-12-19-15(2)14-26(4,5)28-23(19)20(13-18)22(24(28)30)21-16(3)27-29(25(21)31)17-10-8-7-9-11-17/h7-14,27H,3,6H2,1-2,4-5H3. The van der Waals surface area contributed by atoms with Gasteiger partial charge in [-0.05, 0) is 57.5 Å². The highest BCUT2D eigenvalue weighted by Gasteiger charge is 2.45. The SMILES string of the molecule is C=c1[nH]n(-c2ccccc2)c(=O)c1=C1C(=O)N2c3c(cc(OCC)cc31)C(C)=CC2(C)C. The van der Waals surface area contributed by atoms with Crippen LogP contribution in [-0.2, 0) is 4.79 Å². The highest BCUT2D eigenvalue weighted by atomic mass is 16.5. The number of allylic oxidation sites excluding steroid dienone is 1. The van der Waals surface area contributed by atoms with Crippen molar-refractivity contribution in [3.8, 4) is 11.4 Å². The van der Waals surface area contributed by atoms with Gasteiger partial charge in [-0.2, -0.15) is 0 Å². The van der Waals surface area contributed by atoms with E-state index < -0.39 is 5.54 Å². The van der Waals surface area contributed by atoms with Gasteiger partial charge in [0.05, 0.1) is 39.7 Å². The van der Waals surface area contributed by atoms with Gasteiger partial charge < -0.3 is 4.74 Å². The zero-order valence-electron chi connectivity index (χ0n) is 18.7. The molecule has 3 heterocycles. The number of hydrogen-bond acceptors (Lipinski definition) is 3. The van der Waals surface area contributed by atoms with Crippen LogP contribution < -0.4 is 25.8 Å². The fourth-order valence-corrected chi connectivity index (χ4v) is 4.88. The van der Waals surface area contributed by atoms with Crippen LogP contribution in [0.4, 0.5) is 5.69 Å². The lowest BCUT2D eigenvalue weighted by Crippen LogP contribution is -2.48. The number of nitrogens with one attached hydrogen (secondary N) is 1. The molecule has 0 aliphatic carbocycles. The fraction of sp³-hybridized carbons (Fsp3) is 0.231. The van der Waals surface area contributed by atoms with Gasteiger partial charge in [0.2, 0.25) is 0 Å². The van der Waals surface area contributed by atoms with E-state index in [1.807, 2.05) is 70.2 Å². The number of nitrogens with zero attached hydrogens (tertiary/aromatic N) is 2. The van der Waals surface area contributed by atoms with Crippen molar-refractivity contribution in [1.29, 1.82) is 0 Å². The lowest BCUT2D eigenvalue weighted by Gasteiger charge is -2.38. The number of carbonyl (C=O) groups excluding carboxylic acids is 1. The second-order valence-corrected chi connectivity index (χ2v) is 8.74. The van der Waals surface area contributed by atoms with Gasteiger partial charge in [-0.15, -0.1) is 0 Å². The predicted molar refractivity (Wildman–Crippen MR) is 126 cm³/mol. The van der Waals surface area contributed by atoms with E-state index in [-0.39, 0.29) is 16.7 Å². The lowest BCUT2D eigenvalue weighted by atomic mass is 9.89. The number of carbonyl (C=O) groups is 1. The third-order valence-electron chi connectivity index (χ3n) is 6.11. The van der Waals surface area contributed by atoms with Gasteiger partial charge in [0.15, 0.2) is 0 Å². The summed E-state index contributed by atoms with van der Waals surface area (Å²) in [5, 5.41) is 3.74. The first kappa shape index (κ1) is 20.1. The topological polar surface area (TPSA) is 67.3 Å². The molecule has 0 saturated carbocycles. The number of hydrogen-bond donors (Lipinski definition) is 1. The molecule has 0 bridgehead atoms. The lowest BCUT2D eigenvalue weighted by molar-refractivity contribution is -0.113. The summed E-state index contributed by atoms with van der Waals surface area (Å²) in [5.41, 5.74) is 3.75. The number of para-hydroxylation sites is 1. The van der Waals surface area contributed by atoms with Crippen molar-refractivity contribution < 1.29 is 9.53 Å². The van der Waals surface area contributed by atoms with E-state index in [0.717, 1.165) is 16.8 Å². The van der Waals surface area contributed by atoms with Crippen molar-refractivity contribution in [2.45, 2.75) is 33.2 Å². The Morgan fingerprint density at radius 3 is 2.47 bits per heavy atom. The number of rotatable bonds is 3. The smallest absolute Gasteiger partial charge is 0.279 e. The molecule has 5 rings (SSSR count). The number of amides is 1. The second kappa shape index (κ2) is 6.85. The molecule has 32 heavy (non-hydrogen) atoms. The average Bonchev–Trinajstić information content (AvgIpc) is 3.20. The zero-order chi connectivity index (χ0) is 22.8. The second-order valence-electron chi connectivity index (χ2n) is 8.74. The van der Waals surface area contributed by atoms with Crippen LogP contribution >= 0.6 is 0 Å². The first-order valence-corrected chi connectivity index (χ1v) is 10.7. The van der Waals surface area contributed by atoms with Crippen LogP contribution in [0.5, 0.6) is 5.75 Å². The van der Waals surface area contributed by atoms with Crippen LogP contribution in [0.25, 0.3) is 23.4 Å². The monoisotopic (exact) mass is 427 g/mol. The average molecular weight is 428 g/mol. The van der Waals surface area contributed by atoms with Crippen molar-refractivity contribution in [2.24, 2.45) is 0 Å². The largest absolute Gasteiger partial charge is 0.494 e. The predicted octanol–water partition coefficient (Wildman–Crippen LogP) is 2.72. The van der Waals surface area contributed by atoms with Gasteiger partial charge in [-0.25, -0.2) is 4.68 Å².